The molecule has 184 valence electrons. The molecule has 1 heterocycles. The van der Waals surface area contributed by atoms with Crippen molar-refractivity contribution < 1.29 is 28.9 Å². The van der Waals surface area contributed by atoms with Crippen molar-refractivity contribution in [1.29, 1.82) is 0 Å². The van der Waals surface area contributed by atoms with Crippen LogP contribution in [0.25, 0.3) is 11.1 Å². The Kier molecular flexibility index (Phi) is 5.85. The molecule has 6 heteroatoms. The number of rotatable bonds is 6. The largest absolute Gasteiger partial charge is 0.481 e. The third kappa shape index (κ3) is 4.20. The predicted octanol–water partition coefficient (Wildman–Crippen LogP) is 5.89. The van der Waals surface area contributed by atoms with Crippen molar-refractivity contribution in [3.05, 3.63) is 114 Å². The van der Waals surface area contributed by atoms with Gasteiger partial charge in [-0.25, -0.2) is 0 Å². The number of hydrogen-bond acceptors (Lipinski definition) is 5. The van der Waals surface area contributed by atoms with Gasteiger partial charge in [-0.2, -0.15) is 0 Å². The molecule has 4 atom stereocenters. The summed E-state index contributed by atoms with van der Waals surface area (Å²) in [5, 5.41) is 10.1. The molecule has 1 saturated carbocycles. The highest BCUT2D eigenvalue weighted by atomic mass is 16.7. The van der Waals surface area contributed by atoms with E-state index in [1.54, 1.807) is 12.1 Å². The summed E-state index contributed by atoms with van der Waals surface area (Å²) in [7, 11) is 0. The van der Waals surface area contributed by atoms with Gasteiger partial charge in [-0.15, -0.1) is 0 Å². The highest BCUT2D eigenvalue weighted by Gasteiger charge is 2.59. The molecule has 1 aliphatic carbocycles. The van der Waals surface area contributed by atoms with Crippen LogP contribution in [0.5, 0.6) is 17.2 Å². The maximum Gasteiger partial charge on any atom is 0.315 e. The summed E-state index contributed by atoms with van der Waals surface area (Å²) < 4.78 is 16.8. The number of esters is 1. The van der Waals surface area contributed by atoms with Crippen molar-refractivity contribution in [2.75, 3.05) is 6.79 Å². The predicted molar refractivity (Wildman–Crippen MR) is 137 cm³/mol. The van der Waals surface area contributed by atoms with Crippen LogP contribution >= 0.6 is 0 Å². The molecule has 0 bridgehead atoms. The van der Waals surface area contributed by atoms with Gasteiger partial charge in [0.2, 0.25) is 6.79 Å². The fourth-order valence-electron chi connectivity index (χ4n) is 5.53. The first-order valence-electron chi connectivity index (χ1n) is 12.1. The van der Waals surface area contributed by atoms with Crippen molar-refractivity contribution in [2.24, 2.45) is 11.8 Å². The van der Waals surface area contributed by atoms with Crippen molar-refractivity contribution in [2.45, 2.75) is 11.8 Å². The van der Waals surface area contributed by atoms with Gasteiger partial charge >= 0.3 is 11.9 Å². The fourth-order valence-corrected chi connectivity index (χ4v) is 5.53. The topological polar surface area (TPSA) is 82.1 Å². The summed E-state index contributed by atoms with van der Waals surface area (Å²) in [6.07, 6.45) is 0. The molecule has 1 N–H and O–H groups in total. The molecule has 2 aliphatic rings. The van der Waals surface area contributed by atoms with Crippen molar-refractivity contribution in [3.8, 4) is 28.4 Å². The smallest absolute Gasteiger partial charge is 0.315 e. The van der Waals surface area contributed by atoms with Crippen LogP contribution in [-0.4, -0.2) is 23.8 Å². The number of carboxylic acids is 1. The normalized spacial score (nSPS) is 21.6. The molecule has 37 heavy (non-hydrogen) atoms. The Balaban J connectivity index is 1.32. The standard InChI is InChI=1S/C31H24O6/c32-30(33)28-26(19-8-3-1-4-9-19)29(27(28)20-10-5-2-6-11-20)31(34)37-23-13-7-12-21(16-23)22-14-15-24-25(17-22)36-18-35-24/h1-17,26-29H,18H2,(H,32,33)/t26-,27?,28-,29-/m0/s1. The summed E-state index contributed by atoms with van der Waals surface area (Å²) in [6.45, 7) is 0.195. The Labute approximate surface area is 214 Å². The van der Waals surface area contributed by atoms with Crippen LogP contribution in [0.2, 0.25) is 0 Å². The van der Waals surface area contributed by atoms with E-state index >= 15 is 0 Å². The van der Waals surface area contributed by atoms with Crippen molar-refractivity contribution in [1.82, 2.24) is 0 Å². The molecule has 0 amide bonds. The molecular formula is C31H24O6. The molecule has 4 aromatic carbocycles. The lowest BCUT2D eigenvalue weighted by molar-refractivity contribution is -0.158. The average Bonchev–Trinajstić information content (AvgIpc) is 3.37. The first-order valence-corrected chi connectivity index (χ1v) is 12.1. The van der Waals surface area contributed by atoms with Gasteiger partial charge in [0.05, 0.1) is 11.8 Å². The third-order valence-corrected chi connectivity index (χ3v) is 7.23. The quantitative estimate of drug-likeness (QED) is 0.267. The van der Waals surface area contributed by atoms with Crippen LogP contribution in [-0.2, 0) is 9.59 Å². The lowest BCUT2D eigenvalue weighted by atomic mass is 9.52. The van der Waals surface area contributed by atoms with Gasteiger partial charge in [-0.3, -0.25) is 9.59 Å². The van der Waals surface area contributed by atoms with Crippen LogP contribution in [0.4, 0.5) is 0 Å². The van der Waals surface area contributed by atoms with E-state index in [2.05, 4.69) is 0 Å². The van der Waals surface area contributed by atoms with E-state index in [0.717, 1.165) is 22.3 Å². The highest BCUT2D eigenvalue weighted by Crippen LogP contribution is 2.58. The number of hydrogen-bond donors (Lipinski definition) is 1. The molecule has 0 radical (unpaired) electrons. The van der Waals surface area contributed by atoms with Crippen molar-refractivity contribution >= 4 is 11.9 Å². The van der Waals surface area contributed by atoms with Gasteiger partial charge in [0.25, 0.3) is 0 Å². The zero-order valence-electron chi connectivity index (χ0n) is 19.8. The van der Waals surface area contributed by atoms with Gasteiger partial charge in [-0.05, 0) is 46.5 Å². The van der Waals surface area contributed by atoms with E-state index in [1.165, 1.54) is 0 Å². The Morgan fingerprint density at radius 1 is 0.676 bits per heavy atom. The second-order valence-electron chi connectivity index (χ2n) is 9.28. The van der Waals surface area contributed by atoms with E-state index in [9.17, 15) is 14.7 Å². The second-order valence-corrected chi connectivity index (χ2v) is 9.28. The van der Waals surface area contributed by atoms with Crippen LogP contribution < -0.4 is 14.2 Å². The SMILES string of the molecule is O=C(O)[C@@H]1C(c2ccccc2)[C@@H](C(=O)Oc2cccc(-c3ccc4c(c3)OCO4)c2)[C@H]1c1ccccc1. The summed E-state index contributed by atoms with van der Waals surface area (Å²) in [5.74, 6) is -1.95. The van der Waals surface area contributed by atoms with E-state index in [-0.39, 0.29) is 6.79 Å². The lowest BCUT2D eigenvalue weighted by Gasteiger charge is -2.48. The maximum atomic E-state index is 13.7. The number of carbonyl (C=O) groups is 2. The molecule has 0 aromatic heterocycles. The van der Waals surface area contributed by atoms with E-state index in [0.29, 0.717) is 17.2 Å². The highest BCUT2D eigenvalue weighted by molar-refractivity contribution is 5.86. The summed E-state index contributed by atoms with van der Waals surface area (Å²) in [5.41, 5.74) is 3.40. The average molecular weight is 493 g/mol. The molecular weight excluding hydrogens is 468 g/mol. The minimum atomic E-state index is -0.920. The van der Waals surface area contributed by atoms with Gasteiger partial charge in [-0.1, -0.05) is 78.9 Å². The zero-order chi connectivity index (χ0) is 25.4. The van der Waals surface area contributed by atoms with Gasteiger partial charge < -0.3 is 19.3 Å². The molecule has 1 fully saturated rings. The molecule has 6 nitrogen and oxygen atoms in total. The van der Waals surface area contributed by atoms with Crippen LogP contribution in [0.3, 0.4) is 0 Å². The molecule has 1 unspecified atom stereocenters. The van der Waals surface area contributed by atoms with Gasteiger partial charge in [0.15, 0.2) is 11.5 Å². The van der Waals surface area contributed by atoms with Gasteiger partial charge in [0.1, 0.15) is 5.75 Å². The summed E-state index contributed by atoms with van der Waals surface area (Å²) >= 11 is 0. The maximum absolute atomic E-state index is 13.7. The number of ether oxygens (including phenoxy) is 3. The Bertz CT molecular complexity index is 1400. The number of aliphatic carboxylic acids is 1. The molecule has 0 saturated heterocycles. The van der Waals surface area contributed by atoms with Crippen LogP contribution in [0, 0.1) is 11.8 Å². The monoisotopic (exact) mass is 492 g/mol. The van der Waals surface area contributed by atoms with Crippen LogP contribution in [0.1, 0.15) is 23.0 Å². The minimum absolute atomic E-state index is 0.195. The first-order chi connectivity index (χ1) is 18.1. The Hall–Kier alpha value is -4.58. The van der Waals surface area contributed by atoms with Crippen molar-refractivity contribution in [3.63, 3.8) is 0 Å². The molecule has 4 aromatic rings. The number of carbonyl (C=O) groups excluding carboxylic acids is 1. The first kappa shape index (κ1) is 22.9. The van der Waals surface area contributed by atoms with E-state index < -0.39 is 35.6 Å². The van der Waals surface area contributed by atoms with Crippen LogP contribution in [0.15, 0.2) is 103 Å². The van der Waals surface area contributed by atoms with E-state index in [4.69, 9.17) is 14.2 Å². The zero-order valence-corrected chi connectivity index (χ0v) is 19.8. The molecule has 0 spiro atoms. The molecule has 6 rings (SSSR count). The number of benzene rings is 4. The second kappa shape index (κ2) is 9.47. The number of carboxylic acid groups (broad SMARTS) is 1. The summed E-state index contributed by atoms with van der Waals surface area (Å²) in [6, 6.07) is 31.7. The van der Waals surface area contributed by atoms with E-state index in [1.807, 2.05) is 91.0 Å². The molecule has 1 aliphatic heterocycles. The fraction of sp³-hybridized carbons (Fsp3) is 0.161. The van der Waals surface area contributed by atoms with Gasteiger partial charge in [0, 0.05) is 11.8 Å². The number of fused-ring (bicyclic) bond motifs is 1. The third-order valence-electron chi connectivity index (χ3n) is 7.23. The lowest BCUT2D eigenvalue weighted by Crippen LogP contribution is -2.52. The Morgan fingerprint density at radius 3 is 1.95 bits per heavy atom. The Morgan fingerprint density at radius 2 is 1.30 bits per heavy atom. The summed E-state index contributed by atoms with van der Waals surface area (Å²) in [4.78, 5) is 26.1. The minimum Gasteiger partial charge on any atom is -0.481 e.